The van der Waals surface area contributed by atoms with E-state index < -0.39 is 0 Å². The van der Waals surface area contributed by atoms with E-state index in [1.54, 1.807) is 6.20 Å². The van der Waals surface area contributed by atoms with E-state index in [-0.39, 0.29) is 36.1 Å². The molecule has 186 valence electrons. The van der Waals surface area contributed by atoms with Crippen molar-refractivity contribution < 1.29 is 4.74 Å². The summed E-state index contributed by atoms with van der Waals surface area (Å²) in [7, 11) is 0. The quantitative estimate of drug-likeness (QED) is 0.393. The number of fused-ring (bicyclic) bond motifs is 6. The molecule has 35 heavy (non-hydrogen) atoms. The number of para-hydroxylation sites is 2. The fourth-order valence-corrected chi connectivity index (χ4v) is 6.04. The lowest BCUT2D eigenvalue weighted by molar-refractivity contribution is 0.165. The van der Waals surface area contributed by atoms with Crippen LogP contribution in [0.4, 0.5) is 5.69 Å². The molecule has 0 aliphatic carbocycles. The molecular formula is C24H27Cl2N5O3S. The molecule has 0 bridgehead atoms. The van der Waals surface area contributed by atoms with Gasteiger partial charge in [0.1, 0.15) is 22.6 Å². The second kappa shape index (κ2) is 10.6. The van der Waals surface area contributed by atoms with Crippen molar-refractivity contribution >= 4 is 62.3 Å². The third-order valence-corrected chi connectivity index (χ3v) is 7.77. The number of unbranched alkanes of at least 4 members (excludes halogenated alkanes) is 1. The van der Waals surface area contributed by atoms with Crippen LogP contribution in [0.5, 0.6) is 5.75 Å². The maximum atomic E-state index is 13.0. The minimum Gasteiger partial charge on any atom is -0.489 e. The molecule has 0 radical (unpaired) electrons. The summed E-state index contributed by atoms with van der Waals surface area (Å²) in [5.74, 6) is 0.976. The molecule has 2 aliphatic rings. The molecule has 1 fully saturated rings. The molecule has 1 N–H and O–H groups in total. The minimum absolute atomic E-state index is 0. The van der Waals surface area contributed by atoms with Crippen LogP contribution >= 0.6 is 36.2 Å². The second-order valence-corrected chi connectivity index (χ2v) is 9.73. The average Bonchev–Trinajstić information content (AvgIpc) is 3.22. The highest BCUT2D eigenvalue weighted by Crippen LogP contribution is 2.34. The SMILES string of the molecule is Cl.Cl.O=c1[nH]c2c(sc3cccnc32)c(=O)n1CCCCN1CCN2c3ccccc3OCC2C1. The van der Waals surface area contributed by atoms with Crippen molar-refractivity contribution in [1.82, 2.24) is 19.4 Å². The summed E-state index contributed by atoms with van der Waals surface area (Å²) < 4.78 is 8.77. The Bertz CT molecular complexity index is 1450. The maximum absolute atomic E-state index is 13.0. The van der Waals surface area contributed by atoms with Crippen LogP contribution in [0.1, 0.15) is 12.8 Å². The first-order valence-electron chi connectivity index (χ1n) is 11.4. The predicted molar refractivity (Wildman–Crippen MR) is 145 cm³/mol. The monoisotopic (exact) mass is 535 g/mol. The number of pyridine rings is 1. The number of aromatic amines is 1. The molecule has 4 aromatic rings. The van der Waals surface area contributed by atoms with Gasteiger partial charge < -0.3 is 14.6 Å². The van der Waals surface area contributed by atoms with Gasteiger partial charge in [0.2, 0.25) is 0 Å². The normalized spacial score (nSPS) is 17.3. The van der Waals surface area contributed by atoms with Crippen LogP contribution < -0.4 is 20.9 Å². The van der Waals surface area contributed by atoms with Crippen molar-refractivity contribution in [1.29, 1.82) is 0 Å². The number of nitrogens with zero attached hydrogens (tertiary/aromatic N) is 4. The Hall–Kier alpha value is -2.59. The summed E-state index contributed by atoms with van der Waals surface area (Å²) in [6.07, 6.45) is 3.39. The van der Waals surface area contributed by atoms with E-state index in [0.717, 1.165) is 49.5 Å². The second-order valence-electron chi connectivity index (χ2n) is 8.68. The Balaban J connectivity index is 0.00000144. The molecule has 0 spiro atoms. The van der Waals surface area contributed by atoms with Crippen molar-refractivity contribution in [3.8, 4) is 5.75 Å². The predicted octanol–water partition coefficient (Wildman–Crippen LogP) is 3.51. The number of rotatable bonds is 5. The number of piperazine rings is 1. The van der Waals surface area contributed by atoms with Crippen molar-refractivity contribution in [3.05, 3.63) is 63.4 Å². The lowest BCUT2D eigenvalue weighted by Crippen LogP contribution is -2.57. The van der Waals surface area contributed by atoms with Crippen LogP contribution in [0.15, 0.2) is 52.2 Å². The molecule has 0 amide bonds. The minimum atomic E-state index is -0.357. The highest BCUT2D eigenvalue weighted by atomic mass is 35.5. The fourth-order valence-electron chi connectivity index (χ4n) is 4.98. The number of hydrogen-bond acceptors (Lipinski definition) is 7. The molecule has 11 heteroatoms. The zero-order valence-corrected chi connectivity index (χ0v) is 21.5. The Morgan fingerprint density at radius 1 is 1.06 bits per heavy atom. The Kier molecular flexibility index (Phi) is 7.70. The third-order valence-electron chi connectivity index (χ3n) is 6.64. The van der Waals surface area contributed by atoms with Crippen LogP contribution in [0.2, 0.25) is 0 Å². The van der Waals surface area contributed by atoms with Crippen molar-refractivity contribution in [2.45, 2.75) is 25.4 Å². The summed E-state index contributed by atoms with van der Waals surface area (Å²) in [5.41, 5.74) is 1.86. The van der Waals surface area contributed by atoms with Gasteiger partial charge in [0.25, 0.3) is 5.56 Å². The van der Waals surface area contributed by atoms with E-state index in [1.165, 1.54) is 21.6 Å². The van der Waals surface area contributed by atoms with Gasteiger partial charge in [-0.2, -0.15) is 0 Å². The summed E-state index contributed by atoms with van der Waals surface area (Å²) in [6, 6.07) is 12.4. The number of thiophene rings is 1. The number of halogens is 2. The van der Waals surface area contributed by atoms with Crippen molar-refractivity contribution in [2.75, 3.05) is 37.7 Å². The van der Waals surface area contributed by atoms with Crippen LogP contribution in [-0.2, 0) is 6.54 Å². The number of nitrogens with one attached hydrogen (secondary N) is 1. The summed E-state index contributed by atoms with van der Waals surface area (Å²) in [5, 5.41) is 0. The van der Waals surface area contributed by atoms with Gasteiger partial charge in [-0.3, -0.25) is 19.2 Å². The van der Waals surface area contributed by atoms with Gasteiger partial charge in [-0.05, 0) is 43.7 Å². The van der Waals surface area contributed by atoms with E-state index in [4.69, 9.17) is 4.74 Å². The fraction of sp³-hybridized carbons (Fsp3) is 0.375. The highest BCUT2D eigenvalue weighted by molar-refractivity contribution is 7.25. The first kappa shape index (κ1) is 25.5. The molecule has 8 nitrogen and oxygen atoms in total. The molecular weight excluding hydrogens is 509 g/mol. The first-order chi connectivity index (χ1) is 16.2. The number of anilines is 1. The topological polar surface area (TPSA) is 83.5 Å². The van der Waals surface area contributed by atoms with Gasteiger partial charge in [-0.15, -0.1) is 36.2 Å². The summed E-state index contributed by atoms with van der Waals surface area (Å²) in [4.78, 5) is 37.7. The van der Waals surface area contributed by atoms with Crippen LogP contribution in [-0.4, -0.2) is 58.3 Å². The Labute approximate surface area is 218 Å². The van der Waals surface area contributed by atoms with E-state index in [9.17, 15) is 9.59 Å². The van der Waals surface area contributed by atoms with E-state index in [1.807, 2.05) is 24.3 Å². The van der Waals surface area contributed by atoms with E-state index in [2.05, 4.69) is 31.9 Å². The van der Waals surface area contributed by atoms with Gasteiger partial charge in [0.05, 0.1) is 21.9 Å². The zero-order valence-electron chi connectivity index (χ0n) is 19.0. The molecule has 0 saturated carbocycles. The van der Waals surface area contributed by atoms with Gasteiger partial charge in [-0.25, -0.2) is 4.79 Å². The van der Waals surface area contributed by atoms with E-state index >= 15 is 0 Å². The molecule has 5 heterocycles. The Morgan fingerprint density at radius 2 is 1.89 bits per heavy atom. The molecule has 2 aliphatic heterocycles. The van der Waals surface area contributed by atoms with Gasteiger partial charge in [0.15, 0.2) is 0 Å². The lowest BCUT2D eigenvalue weighted by Gasteiger charge is -2.45. The van der Waals surface area contributed by atoms with Crippen LogP contribution in [0.3, 0.4) is 0 Å². The van der Waals surface area contributed by atoms with Crippen molar-refractivity contribution in [2.24, 2.45) is 0 Å². The molecule has 1 aromatic carbocycles. The molecule has 3 aromatic heterocycles. The third kappa shape index (κ3) is 4.65. The summed E-state index contributed by atoms with van der Waals surface area (Å²) >= 11 is 1.39. The standard InChI is InChI=1S/C24H25N5O3S.2ClH/c30-23-22-21(20-19(33-22)8-5-9-25-20)26-24(31)29(23)11-4-3-10-27-12-13-28-16(14-27)15-32-18-7-2-1-6-17(18)28;;/h1-2,5-9,16H,3-4,10-15H2,(H,26,31);2*1H. The number of aromatic nitrogens is 3. The first-order valence-corrected chi connectivity index (χ1v) is 12.2. The maximum Gasteiger partial charge on any atom is 0.328 e. The van der Waals surface area contributed by atoms with Gasteiger partial charge >= 0.3 is 5.69 Å². The van der Waals surface area contributed by atoms with E-state index in [0.29, 0.717) is 34.9 Å². The molecule has 1 atom stereocenters. The summed E-state index contributed by atoms with van der Waals surface area (Å²) in [6.45, 7) is 5.05. The smallest absolute Gasteiger partial charge is 0.328 e. The number of H-pyrrole nitrogens is 1. The number of ether oxygens (including phenoxy) is 1. The Morgan fingerprint density at radius 3 is 2.77 bits per heavy atom. The van der Waals surface area contributed by atoms with Gasteiger partial charge in [0, 0.05) is 32.4 Å². The van der Waals surface area contributed by atoms with Crippen LogP contribution in [0.25, 0.3) is 20.4 Å². The van der Waals surface area contributed by atoms with Gasteiger partial charge in [-0.1, -0.05) is 12.1 Å². The highest BCUT2D eigenvalue weighted by Gasteiger charge is 2.32. The molecule has 6 rings (SSSR count). The zero-order chi connectivity index (χ0) is 22.4. The lowest BCUT2D eigenvalue weighted by atomic mass is 10.1. The largest absolute Gasteiger partial charge is 0.489 e. The van der Waals surface area contributed by atoms with Crippen molar-refractivity contribution in [3.63, 3.8) is 0 Å². The van der Waals surface area contributed by atoms with Crippen LogP contribution in [0, 0.1) is 0 Å². The number of hydrogen-bond donors (Lipinski definition) is 1. The number of benzene rings is 1. The molecule has 1 saturated heterocycles. The average molecular weight is 536 g/mol. The molecule has 1 unspecified atom stereocenters.